The number of carbonyl (C=O) groups is 1. The number of H-pyrrole nitrogens is 1. The van der Waals surface area contributed by atoms with Gasteiger partial charge in [0.25, 0.3) is 0 Å². The van der Waals surface area contributed by atoms with Crippen LogP contribution in [0.4, 0.5) is 18.0 Å². The molecule has 14 heteroatoms. The Morgan fingerprint density at radius 3 is 2.34 bits per heavy atom. The van der Waals surface area contributed by atoms with Crippen molar-refractivity contribution in [1.29, 1.82) is 0 Å². The number of nitrogens with zero attached hydrogens (tertiary/aromatic N) is 9. The van der Waals surface area contributed by atoms with E-state index in [-0.39, 0.29) is 29.2 Å². The van der Waals surface area contributed by atoms with Gasteiger partial charge in [-0.05, 0) is 36.1 Å². The summed E-state index contributed by atoms with van der Waals surface area (Å²) in [7, 11) is 0. The molecule has 2 amide bonds. The van der Waals surface area contributed by atoms with Crippen molar-refractivity contribution in [3.8, 4) is 0 Å². The molecule has 2 aliphatic carbocycles. The second-order valence-corrected chi connectivity index (χ2v) is 11.5. The molecular formula is C21H27F3N10O. The predicted molar refractivity (Wildman–Crippen MR) is 113 cm³/mol. The fourth-order valence-corrected chi connectivity index (χ4v) is 6.47. The van der Waals surface area contributed by atoms with Gasteiger partial charge in [0.15, 0.2) is 11.6 Å². The van der Waals surface area contributed by atoms with E-state index in [4.69, 9.17) is 0 Å². The lowest BCUT2D eigenvalue weighted by Gasteiger charge is -2.63. The first-order valence-electron chi connectivity index (χ1n) is 12.2. The summed E-state index contributed by atoms with van der Waals surface area (Å²) in [6, 6.07) is 0.105. The number of aromatic nitrogens is 7. The Balaban J connectivity index is 0.846. The van der Waals surface area contributed by atoms with Crippen molar-refractivity contribution in [2.75, 3.05) is 39.3 Å². The lowest BCUT2D eigenvalue weighted by molar-refractivity contribution is -0.144. The van der Waals surface area contributed by atoms with Gasteiger partial charge in [0.2, 0.25) is 0 Å². The maximum absolute atomic E-state index is 12.9. The van der Waals surface area contributed by atoms with E-state index >= 15 is 0 Å². The molecule has 2 aromatic heterocycles. The van der Waals surface area contributed by atoms with Crippen molar-refractivity contribution in [2.45, 2.75) is 56.8 Å². The Morgan fingerprint density at radius 2 is 1.69 bits per heavy atom. The molecule has 3 aliphatic heterocycles. The SMILES string of the molecule is O=C(N1CC2(CC(c3nc(C4CC4)n[nH]3)C2)C1)N1CC2(CN(Cc3nnnn3CC(F)(F)F)C2)C1. The number of likely N-dealkylation sites (tertiary alicyclic amines) is 3. The normalized spacial score (nSPS) is 25.3. The fourth-order valence-electron chi connectivity index (χ4n) is 6.47. The maximum Gasteiger partial charge on any atom is 0.408 e. The smallest absolute Gasteiger partial charge is 0.323 e. The number of amides is 2. The van der Waals surface area contributed by atoms with Gasteiger partial charge >= 0.3 is 12.2 Å². The molecule has 0 radical (unpaired) electrons. The minimum Gasteiger partial charge on any atom is -0.323 e. The number of carbonyl (C=O) groups excluding carboxylic acids is 1. The molecule has 5 aliphatic rings. The molecule has 0 unspecified atom stereocenters. The topological polar surface area (TPSA) is 112 Å². The van der Waals surface area contributed by atoms with E-state index in [1.54, 1.807) is 0 Å². The summed E-state index contributed by atoms with van der Waals surface area (Å²) in [5.41, 5.74) is 0.288. The third-order valence-electron chi connectivity index (χ3n) is 8.27. The lowest BCUT2D eigenvalue weighted by atomic mass is 9.57. The molecule has 188 valence electrons. The van der Waals surface area contributed by atoms with E-state index in [2.05, 4.69) is 30.7 Å². The zero-order valence-electron chi connectivity index (χ0n) is 19.2. The van der Waals surface area contributed by atoms with E-state index in [0.717, 1.165) is 55.4 Å². The van der Waals surface area contributed by atoms with Crippen molar-refractivity contribution in [2.24, 2.45) is 10.8 Å². The van der Waals surface area contributed by atoms with Gasteiger partial charge in [-0.25, -0.2) is 14.5 Å². The summed E-state index contributed by atoms with van der Waals surface area (Å²) < 4.78 is 38.8. The van der Waals surface area contributed by atoms with Crippen molar-refractivity contribution in [1.82, 2.24) is 50.1 Å². The molecule has 11 nitrogen and oxygen atoms in total. The van der Waals surface area contributed by atoms with Crippen LogP contribution in [-0.4, -0.2) is 102 Å². The molecule has 0 atom stereocenters. The van der Waals surface area contributed by atoms with E-state index in [1.165, 1.54) is 12.8 Å². The first-order chi connectivity index (χ1) is 16.7. The van der Waals surface area contributed by atoms with Gasteiger partial charge < -0.3 is 9.80 Å². The van der Waals surface area contributed by atoms with Gasteiger partial charge in [-0.2, -0.15) is 18.3 Å². The highest BCUT2D eigenvalue weighted by Gasteiger charge is 2.58. The molecule has 0 aromatic carbocycles. The minimum absolute atomic E-state index is 0.0492. The summed E-state index contributed by atoms with van der Waals surface area (Å²) in [5, 5.41) is 18.1. The highest BCUT2D eigenvalue weighted by atomic mass is 19.4. The summed E-state index contributed by atoms with van der Waals surface area (Å²) in [5.74, 6) is 3.17. The Morgan fingerprint density at radius 1 is 1.00 bits per heavy atom. The Labute approximate surface area is 199 Å². The monoisotopic (exact) mass is 492 g/mol. The van der Waals surface area contributed by atoms with Crippen LogP contribution in [0.3, 0.4) is 0 Å². The van der Waals surface area contributed by atoms with Crippen LogP contribution in [0.5, 0.6) is 0 Å². The molecular weight excluding hydrogens is 465 g/mol. The highest BCUT2D eigenvalue weighted by molar-refractivity contribution is 5.77. The molecule has 7 rings (SSSR count). The van der Waals surface area contributed by atoms with Gasteiger partial charge in [-0.15, -0.1) is 5.10 Å². The number of alkyl halides is 3. The molecule has 2 spiro atoms. The quantitative estimate of drug-likeness (QED) is 0.671. The first kappa shape index (κ1) is 21.5. The molecule has 1 N–H and O–H groups in total. The van der Waals surface area contributed by atoms with Gasteiger partial charge in [0, 0.05) is 61.9 Å². The number of hydrogen-bond donors (Lipinski definition) is 1. The summed E-state index contributed by atoms with van der Waals surface area (Å²) in [6.07, 6.45) is 0.147. The average molecular weight is 493 g/mol. The standard InChI is InChI=1S/C21H27F3N10O/c22-21(23,24)12-34-15(26-29-30-34)5-31-6-20(7-31)10-33(11-20)18(35)32-8-19(9-32)3-14(4-19)17-25-16(27-28-17)13-1-2-13/h13-14H,1-12H2,(H,25,27,28). The highest BCUT2D eigenvalue weighted by Crippen LogP contribution is 2.56. The zero-order valence-corrected chi connectivity index (χ0v) is 19.2. The molecule has 5 fully saturated rings. The zero-order chi connectivity index (χ0) is 24.0. The molecule has 2 aromatic rings. The number of urea groups is 1. The van der Waals surface area contributed by atoms with Crippen molar-refractivity contribution < 1.29 is 18.0 Å². The number of rotatable bonds is 5. The Hall–Kier alpha value is -2.77. The number of hydrogen-bond acceptors (Lipinski definition) is 7. The maximum atomic E-state index is 12.9. The number of aromatic amines is 1. The molecule has 3 saturated heterocycles. The number of tetrazole rings is 1. The van der Waals surface area contributed by atoms with E-state index < -0.39 is 12.7 Å². The van der Waals surface area contributed by atoms with Crippen molar-refractivity contribution in [3.63, 3.8) is 0 Å². The summed E-state index contributed by atoms with van der Waals surface area (Å²) in [6.45, 7) is 3.58. The number of halogens is 3. The Bertz CT molecular complexity index is 1130. The van der Waals surface area contributed by atoms with Crippen LogP contribution in [-0.2, 0) is 13.1 Å². The fraction of sp³-hybridized carbons (Fsp3) is 0.810. The van der Waals surface area contributed by atoms with Crippen LogP contribution in [0.15, 0.2) is 0 Å². The van der Waals surface area contributed by atoms with Crippen LogP contribution in [0.2, 0.25) is 0 Å². The minimum atomic E-state index is -4.36. The third-order valence-corrected chi connectivity index (χ3v) is 8.27. The van der Waals surface area contributed by atoms with Gasteiger partial charge in [0.05, 0.1) is 6.54 Å². The average Bonchev–Trinajstić information content (AvgIpc) is 3.26. The van der Waals surface area contributed by atoms with Gasteiger partial charge in [-0.3, -0.25) is 10.00 Å². The largest absolute Gasteiger partial charge is 0.408 e. The van der Waals surface area contributed by atoms with E-state index in [0.29, 0.717) is 24.9 Å². The van der Waals surface area contributed by atoms with E-state index in [1.807, 2.05) is 14.7 Å². The van der Waals surface area contributed by atoms with Crippen LogP contribution < -0.4 is 0 Å². The van der Waals surface area contributed by atoms with Crippen molar-refractivity contribution >= 4 is 6.03 Å². The van der Waals surface area contributed by atoms with Gasteiger partial charge in [-0.1, -0.05) is 0 Å². The molecule has 0 bridgehead atoms. The summed E-state index contributed by atoms with van der Waals surface area (Å²) >= 11 is 0. The number of nitrogens with one attached hydrogen (secondary N) is 1. The van der Waals surface area contributed by atoms with Crippen LogP contribution >= 0.6 is 0 Å². The van der Waals surface area contributed by atoms with Crippen LogP contribution in [0.1, 0.15) is 55.0 Å². The van der Waals surface area contributed by atoms with Crippen LogP contribution in [0.25, 0.3) is 0 Å². The molecule has 5 heterocycles. The third kappa shape index (κ3) is 3.76. The van der Waals surface area contributed by atoms with Crippen molar-refractivity contribution in [3.05, 3.63) is 17.5 Å². The second kappa shape index (κ2) is 7.14. The second-order valence-electron chi connectivity index (χ2n) is 11.5. The van der Waals surface area contributed by atoms with Gasteiger partial charge in [0.1, 0.15) is 12.4 Å². The lowest BCUT2D eigenvalue weighted by Crippen LogP contribution is -2.75. The van der Waals surface area contributed by atoms with E-state index in [9.17, 15) is 18.0 Å². The Kier molecular flexibility index (Phi) is 4.39. The summed E-state index contributed by atoms with van der Waals surface area (Å²) in [4.78, 5) is 23.4. The molecule has 2 saturated carbocycles. The van der Waals surface area contributed by atoms with Crippen LogP contribution in [0, 0.1) is 10.8 Å². The molecule has 35 heavy (non-hydrogen) atoms. The predicted octanol–water partition coefficient (Wildman–Crippen LogP) is 1.35. The first-order valence-corrected chi connectivity index (χ1v) is 12.2.